The van der Waals surface area contributed by atoms with Crippen LogP contribution in [-0.4, -0.2) is 26.1 Å². The Morgan fingerprint density at radius 2 is 1.96 bits per heavy atom. The first-order valence-electron chi connectivity index (χ1n) is 7.94. The maximum atomic E-state index is 12.1. The Hall–Kier alpha value is -3.25. The van der Waals surface area contributed by atoms with Crippen LogP contribution >= 0.6 is 11.6 Å². The highest BCUT2D eigenvalue weighted by Crippen LogP contribution is 2.32. The molecule has 1 aromatic heterocycles. The number of nitrogens with one attached hydrogen (secondary N) is 1. The summed E-state index contributed by atoms with van der Waals surface area (Å²) in [6.07, 6.45) is 2.86. The van der Waals surface area contributed by atoms with Gasteiger partial charge in [-0.3, -0.25) is 4.79 Å². The standard InChI is InChI=1S/C20H16ClNO5/c1-25-17-11-14(21)8-13-10-16(27-19(13)17)6-7-18(23)22-15-5-3-4-12(9-15)20(24)26-2/h3-11H,1-2H3,(H,22,23)/b7-6+. The number of hydrogen-bond acceptors (Lipinski definition) is 5. The first kappa shape index (κ1) is 18.5. The molecule has 6 nitrogen and oxygen atoms in total. The first-order chi connectivity index (χ1) is 13.0. The number of carbonyl (C=O) groups is 2. The Bertz CT molecular complexity index is 1040. The van der Waals surface area contributed by atoms with Gasteiger partial charge in [0.1, 0.15) is 5.76 Å². The van der Waals surface area contributed by atoms with Gasteiger partial charge in [0.2, 0.25) is 5.91 Å². The minimum Gasteiger partial charge on any atom is -0.493 e. The van der Waals surface area contributed by atoms with Gasteiger partial charge in [-0.15, -0.1) is 0 Å². The summed E-state index contributed by atoms with van der Waals surface area (Å²) in [4.78, 5) is 23.7. The Morgan fingerprint density at radius 3 is 2.70 bits per heavy atom. The van der Waals surface area contributed by atoms with Gasteiger partial charge >= 0.3 is 5.97 Å². The number of furan rings is 1. The molecule has 7 heteroatoms. The third kappa shape index (κ3) is 4.30. The fraction of sp³-hybridized carbons (Fsp3) is 0.100. The van der Waals surface area contributed by atoms with Crippen LogP contribution in [0.1, 0.15) is 16.1 Å². The van der Waals surface area contributed by atoms with Crippen molar-refractivity contribution in [2.45, 2.75) is 0 Å². The van der Waals surface area contributed by atoms with E-state index in [2.05, 4.69) is 10.1 Å². The molecular formula is C20H16ClNO5. The van der Waals surface area contributed by atoms with E-state index in [-0.39, 0.29) is 5.91 Å². The third-order valence-electron chi connectivity index (χ3n) is 3.74. The molecule has 0 bridgehead atoms. The highest BCUT2D eigenvalue weighted by molar-refractivity contribution is 6.31. The number of hydrogen-bond donors (Lipinski definition) is 1. The van der Waals surface area contributed by atoms with Crippen molar-refractivity contribution in [3.05, 3.63) is 64.9 Å². The lowest BCUT2D eigenvalue weighted by atomic mass is 10.2. The van der Waals surface area contributed by atoms with Gasteiger partial charge in [0.15, 0.2) is 11.3 Å². The zero-order chi connectivity index (χ0) is 19.4. The summed E-state index contributed by atoms with van der Waals surface area (Å²) in [6, 6.07) is 11.6. The summed E-state index contributed by atoms with van der Waals surface area (Å²) in [5.41, 5.74) is 1.37. The van der Waals surface area contributed by atoms with Crippen molar-refractivity contribution in [3.63, 3.8) is 0 Å². The van der Waals surface area contributed by atoms with Gasteiger partial charge in [0.05, 0.1) is 19.8 Å². The molecule has 0 aliphatic heterocycles. The van der Waals surface area contributed by atoms with Crippen molar-refractivity contribution in [2.75, 3.05) is 19.5 Å². The molecule has 0 unspecified atom stereocenters. The van der Waals surface area contributed by atoms with Crippen LogP contribution in [0.3, 0.4) is 0 Å². The van der Waals surface area contributed by atoms with Gasteiger partial charge < -0.3 is 19.2 Å². The fourth-order valence-electron chi connectivity index (χ4n) is 2.52. The van der Waals surface area contributed by atoms with Gasteiger partial charge in [-0.2, -0.15) is 0 Å². The third-order valence-corrected chi connectivity index (χ3v) is 3.95. The molecular weight excluding hydrogens is 370 g/mol. The maximum absolute atomic E-state index is 12.1. The molecule has 27 heavy (non-hydrogen) atoms. The van der Waals surface area contributed by atoms with E-state index < -0.39 is 5.97 Å². The largest absolute Gasteiger partial charge is 0.493 e. The van der Waals surface area contributed by atoms with E-state index >= 15 is 0 Å². The number of ether oxygens (including phenoxy) is 2. The number of benzene rings is 2. The molecule has 1 heterocycles. The van der Waals surface area contributed by atoms with Crippen molar-refractivity contribution >= 4 is 46.2 Å². The number of rotatable bonds is 5. The number of amides is 1. The van der Waals surface area contributed by atoms with Crippen molar-refractivity contribution in [1.82, 2.24) is 0 Å². The molecule has 0 saturated heterocycles. The van der Waals surface area contributed by atoms with Crippen LogP contribution in [0, 0.1) is 0 Å². The number of methoxy groups -OCH3 is 2. The van der Waals surface area contributed by atoms with E-state index in [9.17, 15) is 9.59 Å². The molecule has 0 fully saturated rings. The summed E-state index contributed by atoms with van der Waals surface area (Å²) in [6.45, 7) is 0. The molecule has 138 valence electrons. The molecule has 1 amide bonds. The van der Waals surface area contributed by atoms with E-state index in [0.29, 0.717) is 33.4 Å². The zero-order valence-corrected chi connectivity index (χ0v) is 15.4. The first-order valence-corrected chi connectivity index (χ1v) is 8.32. The molecule has 3 aromatic rings. The van der Waals surface area contributed by atoms with E-state index in [1.54, 1.807) is 36.4 Å². The highest BCUT2D eigenvalue weighted by Gasteiger charge is 2.10. The average molecular weight is 386 g/mol. The normalized spacial score (nSPS) is 10.9. The summed E-state index contributed by atoms with van der Waals surface area (Å²) >= 11 is 6.04. The van der Waals surface area contributed by atoms with Crippen molar-refractivity contribution in [2.24, 2.45) is 0 Å². The van der Waals surface area contributed by atoms with E-state index in [4.69, 9.17) is 20.8 Å². The number of esters is 1. The lowest BCUT2D eigenvalue weighted by Crippen LogP contribution is -2.09. The van der Waals surface area contributed by atoms with Crippen molar-refractivity contribution in [3.8, 4) is 5.75 Å². The van der Waals surface area contributed by atoms with Gasteiger partial charge in [-0.05, 0) is 36.4 Å². The van der Waals surface area contributed by atoms with Crippen LogP contribution in [0.5, 0.6) is 5.75 Å². The minimum atomic E-state index is -0.475. The summed E-state index contributed by atoms with van der Waals surface area (Å²) in [5, 5.41) is 3.97. The summed E-state index contributed by atoms with van der Waals surface area (Å²) in [5.74, 6) is 0.143. The van der Waals surface area contributed by atoms with Crippen LogP contribution in [0.4, 0.5) is 5.69 Å². The molecule has 3 rings (SSSR count). The second-order valence-electron chi connectivity index (χ2n) is 5.57. The lowest BCUT2D eigenvalue weighted by Gasteiger charge is -2.04. The minimum absolute atomic E-state index is 0.348. The highest BCUT2D eigenvalue weighted by atomic mass is 35.5. The van der Waals surface area contributed by atoms with E-state index in [1.807, 2.05) is 0 Å². The monoisotopic (exact) mass is 385 g/mol. The predicted molar refractivity (Wildman–Crippen MR) is 103 cm³/mol. The summed E-state index contributed by atoms with van der Waals surface area (Å²) < 4.78 is 15.6. The van der Waals surface area contributed by atoms with Crippen LogP contribution in [0.25, 0.3) is 17.0 Å². The second-order valence-corrected chi connectivity index (χ2v) is 6.01. The average Bonchev–Trinajstić information content (AvgIpc) is 3.08. The number of anilines is 1. The Kier molecular flexibility index (Phi) is 5.47. The quantitative estimate of drug-likeness (QED) is 0.515. The Balaban J connectivity index is 1.75. The van der Waals surface area contributed by atoms with Gasteiger partial charge in [-0.1, -0.05) is 17.7 Å². The predicted octanol–water partition coefficient (Wildman–Crippen LogP) is 4.53. The smallest absolute Gasteiger partial charge is 0.337 e. The Labute approximate surface area is 160 Å². The van der Waals surface area contributed by atoms with Crippen LogP contribution in [0.2, 0.25) is 5.02 Å². The molecule has 2 aromatic carbocycles. The van der Waals surface area contributed by atoms with Crippen molar-refractivity contribution < 1.29 is 23.5 Å². The number of carbonyl (C=O) groups excluding carboxylic acids is 2. The van der Waals surface area contributed by atoms with E-state index in [1.165, 1.54) is 32.4 Å². The molecule has 0 saturated carbocycles. The zero-order valence-electron chi connectivity index (χ0n) is 14.6. The van der Waals surface area contributed by atoms with Crippen molar-refractivity contribution in [1.29, 1.82) is 0 Å². The molecule has 0 spiro atoms. The lowest BCUT2D eigenvalue weighted by molar-refractivity contribution is -0.111. The molecule has 1 N–H and O–H groups in total. The number of halogens is 1. The van der Waals surface area contributed by atoms with E-state index in [0.717, 1.165) is 5.39 Å². The second kappa shape index (κ2) is 7.97. The van der Waals surface area contributed by atoms with Crippen LogP contribution < -0.4 is 10.1 Å². The molecule has 0 aliphatic rings. The molecule has 0 radical (unpaired) electrons. The van der Waals surface area contributed by atoms with Crippen LogP contribution in [0.15, 0.2) is 53.0 Å². The fourth-order valence-corrected chi connectivity index (χ4v) is 2.74. The maximum Gasteiger partial charge on any atom is 0.337 e. The van der Waals surface area contributed by atoms with Gasteiger partial charge in [0, 0.05) is 28.2 Å². The SMILES string of the molecule is COC(=O)c1cccc(NC(=O)/C=C/c2cc3cc(Cl)cc(OC)c3o2)c1. The van der Waals surface area contributed by atoms with Gasteiger partial charge in [-0.25, -0.2) is 4.79 Å². The Morgan fingerprint density at radius 1 is 1.15 bits per heavy atom. The topological polar surface area (TPSA) is 77.8 Å². The van der Waals surface area contributed by atoms with Crippen LogP contribution in [-0.2, 0) is 9.53 Å². The van der Waals surface area contributed by atoms with Gasteiger partial charge in [0.25, 0.3) is 0 Å². The summed E-state index contributed by atoms with van der Waals surface area (Å²) in [7, 11) is 2.82. The number of fused-ring (bicyclic) bond motifs is 1. The molecule has 0 aliphatic carbocycles. The molecule has 0 atom stereocenters.